The van der Waals surface area contributed by atoms with E-state index in [0.29, 0.717) is 17.6 Å². The van der Waals surface area contributed by atoms with Crippen LogP contribution in [0.15, 0.2) is 24.5 Å². The maximum atomic E-state index is 12.1. The molecule has 0 radical (unpaired) electrons. The third kappa shape index (κ3) is 2.09. The summed E-state index contributed by atoms with van der Waals surface area (Å²) in [6.07, 6.45) is 3.86. The third-order valence-corrected chi connectivity index (χ3v) is 3.21. The van der Waals surface area contributed by atoms with Gasteiger partial charge in [0.05, 0.1) is 23.5 Å². The molecule has 0 bridgehead atoms. The van der Waals surface area contributed by atoms with Crippen LogP contribution in [0.1, 0.15) is 23.2 Å². The normalized spacial score (nSPS) is 19.2. The van der Waals surface area contributed by atoms with Crippen molar-refractivity contribution in [1.29, 1.82) is 0 Å². The van der Waals surface area contributed by atoms with Gasteiger partial charge in [0.15, 0.2) is 0 Å². The van der Waals surface area contributed by atoms with Crippen LogP contribution in [0, 0.1) is 0 Å². The second-order valence-electron chi connectivity index (χ2n) is 4.45. The van der Waals surface area contributed by atoms with E-state index in [2.05, 4.69) is 15.3 Å². The van der Waals surface area contributed by atoms with Crippen molar-refractivity contribution in [3.63, 3.8) is 0 Å². The lowest BCUT2D eigenvalue weighted by Gasteiger charge is -2.10. The quantitative estimate of drug-likeness (QED) is 0.860. The summed E-state index contributed by atoms with van der Waals surface area (Å²) in [5, 5.41) is 2.90. The van der Waals surface area contributed by atoms with Crippen molar-refractivity contribution in [1.82, 2.24) is 15.3 Å². The Labute approximate surface area is 105 Å². The molecule has 3 rings (SSSR count). The lowest BCUT2D eigenvalue weighted by atomic mass is 10.1. The lowest BCUT2D eigenvalue weighted by Crippen LogP contribution is -2.31. The molecule has 1 aromatic heterocycles. The number of hydrogen-bond acceptors (Lipinski definition) is 3. The second-order valence-corrected chi connectivity index (χ2v) is 4.45. The van der Waals surface area contributed by atoms with Crippen molar-refractivity contribution in [2.75, 3.05) is 13.2 Å². The summed E-state index contributed by atoms with van der Waals surface area (Å²) in [5.41, 5.74) is 2.19. The number of rotatable bonds is 3. The molecule has 1 aliphatic rings. The summed E-state index contributed by atoms with van der Waals surface area (Å²) in [4.78, 5) is 19.3. The van der Waals surface area contributed by atoms with Gasteiger partial charge < -0.3 is 15.0 Å². The van der Waals surface area contributed by atoms with Crippen LogP contribution in [0.2, 0.25) is 0 Å². The zero-order chi connectivity index (χ0) is 12.4. The van der Waals surface area contributed by atoms with Crippen LogP contribution >= 0.6 is 0 Å². The van der Waals surface area contributed by atoms with Gasteiger partial charge in [0.25, 0.3) is 5.91 Å². The molecule has 0 saturated carbocycles. The summed E-state index contributed by atoms with van der Waals surface area (Å²) >= 11 is 0. The zero-order valence-corrected chi connectivity index (χ0v) is 9.98. The summed E-state index contributed by atoms with van der Waals surface area (Å²) in [6.45, 7) is 1.37. The van der Waals surface area contributed by atoms with Gasteiger partial charge in [-0.25, -0.2) is 4.98 Å². The number of aromatic amines is 1. The van der Waals surface area contributed by atoms with Gasteiger partial charge in [-0.2, -0.15) is 0 Å². The van der Waals surface area contributed by atoms with Crippen LogP contribution in [0.5, 0.6) is 0 Å². The Balaban J connectivity index is 1.73. The maximum absolute atomic E-state index is 12.1. The van der Waals surface area contributed by atoms with E-state index < -0.39 is 0 Å². The van der Waals surface area contributed by atoms with Crippen molar-refractivity contribution < 1.29 is 9.53 Å². The Morgan fingerprint density at radius 3 is 3.33 bits per heavy atom. The molecule has 1 amide bonds. The number of aromatic nitrogens is 2. The number of amides is 1. The molecule has 18 heavy (non-hydrogen) atoms. The van der Waals surface area contributed by atoms with E-state index in [4.69, 9.17) is 4.74 Å². The Morgan fingerprint density at radius 1 is 1.56 bits per heavy atom. The molecular weight excluding hydrogens is 230 g/mol. The van der Waals surface area contributed by atoms with Crippen molar-refractivity contribution >= 4 is 16.9 Å². The molecule has 2 heterocycles. The highest BCUT2D eigenvalue weighted by Gasteiger charge is 2.17. The van der Waals surface area contributed by atoms with Crippen molar-refractivity contribution in [2.45, 2.75) is 18.9 Å². The third-order valence-electron chi connectivity index (χ3n) is 3.21. The zero-order valence-electron chi connectivity index (χ0n) is 9.98. The van der Waals surface area contributed by atoms with Crippen molar-refractivity contribution in [3.8, 4) is 0 Å². The molecule has 1 unspecified atom stereocenters. The molecule has 94 valence electrons. The molecule has 1 atom stereocenters. The number of carbonyl (C=O) groups is 1. The molecule has 1 aromatic carbocycles. The molecule has 1 saturated heterocycles. The van der Waals surface area contributed by atoms with Crippen LogP contribution in [-0.4, -0.2) is 35.1 Å². The van der Waals surface area contributed by atoms with Gasteiger partial charge in [-0.05, 0) is 25.0 Å². The highest BCUT2D eigenvalue weighted by molar-refractivity contribution is 6.04. The maximum Gasteiger partial charge on any atom is 0.253 e. The number of fused-ring (bicyclic) bond motifs is 1. The monoisotopic (exact) mass is 245 g/mol. The molecule has 5 nitrogen and oxygen atoms in total. The van der Waals surface area contributed by atoms with Crippen LogP contribution < -0.4 is 5.32 Å². The van der Waals surface area contributed by atoms with Crippen LogP contribution in [0.3, 0.4) is 0 Å². The van der Waals surface area contributed by atoms with Gasteiger partial charge in [0, 0.05) is 13.2 Å². The van der Waals surface area contributed by atoms with Gasteiger partial charge in [-0.1, -0.05) is 6.07 Å². The highest BCUT2D eigenvalue weighted by atomic mass is 16.5. The van der Waals surface area contributed by atoms with Crippen molar-refractivity contribution in [3.05, 3.63) is 30.1 Å². The summed E-state index contributed by atoms with van der Waals surface area (Å²) in [6, 6.07) is 5.54. The first-order valence-electron chi connectivity index (χ1n) is 6.16. The van der Waals surface area contributed by atoms with E-state index in [1.54, 1.807) is 12.4 Å². The number of H-pyrrole nitrogens is 1. The number of carbonyl (C=O) groups excluding carboxylic acids is 1. The van der Waals surface area contributed by atoms with E-state index in [0.717, 1.165) is 25.0 Å². The number of nitrogens with one attached hydrogen (secondary N) is 2. The first kappa shape index (κ1) is 11.2. The largest absolute Gasteiger partial charge is 0.376 e. The number of benzene rings is 1. The van der Waals surface area contributed by atoms with Gasteiger partial charge in [-0.3, -0.25) is 4.79 Å². The summed E-state index contributed by atoms with van der Waals surface area (Å²) in [7, 11) is 0. The molecule has 2 N–H and O–H groups in total. The smallest absolute Gasteiger partial charge is 0.253 e. The molecule has 0 aliphatic carbocycles. The lowest BCUT2D eigenvalue weighted by molar-refractivity contribution is 0.0859. The number of hydrogen-bond donors (Lipinski definition) is 2. The van der Waals surface area contributed by atoms with E-state index in [1.807, 2.05) is 12.1 Å². The number of imidazole rings is 1. The number of para-hydroxylation sites is 1. The SMILES string of the molecule is O=C(NCC1CCCO1)c1cccc2[nH]cnc12. The molecule has 1 fully saturated rings. The first-order chi connectivity index (χ1) is 8.84. The van der Waals surface area contributed by atoms with Gasteiger partial charge in [0.1, 0.15) is 5.52 Å². The molecular formula is C13H15N3O2. The minimum atomic E-state index is -0.0943. The molecule has 5 heteroatoms. The summed E-state index contributed by atoms with van der Waals surface area (Å²) < 4.78 is 5.48. The van der Waals surface area contributed by atoms with Crippen molar-refractivity contribution in [2.24, 2.45) is 0 Å². The predicted octanol–water partition coefficient (Wildman–Crippen LogP) is 1.47. The average molecular weight is 245 g/mol. The minimum absolute atomic E-state index is 0.0943. The number of ether oxygens (including phenoxy) is 1. The van der Waals surface area contributed by atoms with Crippen LogP contribution in [0.4, 0.5) is 0 Å². The fourth-order valence-electron chi connectivity index (χ4n) is 2.26. The number of nitrogens with zero attached hydrogens (tertiary/aromatic N) is 1. The summed E-state index contributed by atoms with van der Waals surface area (Å²) in [5.74, 6) is -0.0943. The van der Waals surface area contributed by atoms with Crippen LogP contribution in [0.25, 0.3) is 11.0 Å². The minimum Gasteiger partial charge on any atom is -0.376 e. The standard InChI is InChI=1S/C13H15N3O2/c17-13(14-7-9-3-2-6-18-9)10-4-1-5-11-12(10)16-8-15-11/h1,4-5,8-9H,2-3,6-7H2,(H,14,17)(H,15,16). The van der Waals surface area contributed by atoms with E-state index >= 15 is 0 Å². The van der Waals surface area contributed by atoms with E-state index in [-0.39, 0.29) is 12.0 Å². The average Bonchev–Trinajstić information content (AvgIpc) is 3.05. The fourth-order valence-corrected chi connectivity index (χ4v) is 2.26. The van der Waals surface area contributed by atoms with Gasteiger partial charge >= 0.3 is 0 Å². The Bertz CT molecular complexity index is 558. The highest BCUT2D eigenvalue weighted by Crippen LogP contribution is 2.15. The van der Waals surface area contributed by atoms with E-state index in [9.17, 15) is 4.79 Å². The van der Waals surface area contributed by atoms with Crippen LogP contribution in [-0.2, 0) is 4.74 Å². The van der Waals surface area contributed by atoms with Gasteiger partial charge in [-0.15, -0.1) is 0 Å². The second kappa shape index (κ2) is 4.78. The Hall–Kier alpha value is -1.88. The van der Waals surface area contributed by atoms with Gasteiger partial charge in [0.2, 0.25) is 0 Å². The molecule has 2 aromatic rings. The molecule has 1 aliphatic heterocycles. The Morgan fingerprint density at radius 2 is 2.50 bits per heavy atom. The van der Waals surface area contributed by atoms with E-state index in [1.165, 1.54) is 0 Å². The Kier molecular flexibility index (Phi) is 2.98. The fraction of sp³-hybridized carbons (Fsp3) is 0.385. The first-order valence-corrected chi connectivity index (χ1v) is 6.16. The molecule has 0 spiro atoms. The predicted molar refractivity (Wildman–Crippen MR) is 67.4 cm³/mol. The topological polar surface area (TPSA) is 67.0 Å².